The van der Waals surface area contributed by atoms with Crippen LogP contribution >= 0.6 is 0 Å². The number of hydrogen-bond acceptors (Lipinski definition) is 2. The van der Waals surface area contributed by atoms with Crippen LogP contribution in [0.4, 0.5) is 0 Å². The molecule has 0 spiro atoms. The Labute approximate surface area is 56.6 Å². The molecule has 1 rings (SSSR count). The molecule has 1 N–H and O–H groups in total. The van der Waals surface area contributed by atoms with Crippen molar-refractivity contribution in [1.29, 1.82) is 0 Å². The molecule has 2 heteroatoms. The van der Waals surface area contributed by atoms with Crippen LogP contribution in [0, 0.1) is 5.92 Å². The first kappa shape index (κ1) is 7.03. The van der Waals surface area contributed by atoms with Gasteiger partial charge < -0.3 is 4.74 Å². The average Bonchev–Trinajstić information content (AvgIpc) is 2.34. The van der Waals surface area contributed by atoms with Crippen LogP contribution < -0.4 is 5.32 Å². The minimum Gasteiger partial charge on any atom is -0.367 e. The molecule has 0 aliphatic carbocycles. The topological polar surface area (TPSA) is 21.3 Å². The van der Waals surface area contributed by atoms with Crippen molar-refractivity contribution in [3.8, 4) is 0 Å². The molecule has 9 heavy (non-hydrogen) atoms. The van der Waals surface area contributed by atoms with Gasteiger partial charge in [-0.2, -0.15) is 0 Å². The highest BCUT2D eigenvalue weighted by molar-refractivity contribution is 4.73. The first-order chi connectivity index (χ1) is 4.36. The van der Waals surface area contributed by atoms with Gasteiger partial charge in [0.15, 0.2) is 0 Å². The van der Waals surface area contributed by atoms with Crippen molar-refractivity contribution < 1.29 is 4.74 Å². The van der Waals surface area contributed by atoms with Crippen LogP contribution in [-0.4, -0.2) is 19.9 Å². The van der Waals surface area contributed by atoms with E-state index in [-0.39, 0.29) is 0 Å². The third-order valence-corrected chi connectivity index (χ3v) is 2.04. The fraction of sp³-hybridized carbons (Fsp3) is 1.00. The lowest BCUT2D eigenvalue weighted by Gasteiger charge is -2.05. The molecule has 0 bridgehead atoms. The molecule has 1 saturated heterocycles. The molecule has 1 heterocycles. The van der Waals surface area contributed by atoms with Gasteiger partial charge >= 0.3 is 0 Å². The highest BCUT2D eigenvalue weighted by atomic mass is 16.5. The maximum atomic E-state index is 5.13. The average molecular weight is 129 g/mol. The van der Waals surface area contributed by atoms with Gasteiger partial charge in [0, 0.05) is 13.7 Å². The molecule has 0 aromatic rings. The van der Waals surface area contributed by atoms with Gasteiger partial charge in [-0.1, -0.05) is 13.3 Å². The maximum Gasteiger partial charge on any atom is 0.108 e. The van der Waals surface area contributed by atoms with Gasteiger partial charge in [0.05, 0.1) is 0 Å². The number of nitrogens with one attached hydrogen (secondary N) is 1. The Morgan fingerprint density at radius 2 is 2.44 bits per heavy atom. The monoisotopic (exact) mass is 129 g/mol. The van der Waals surface area contributed by atoms with Gasteiger partial charge in [0.1, 0.15) is 6.23 Å². The van der Waals surface area contributed by atoms with Crippen molar-refractivity contribution >= 4 is 0 Å². The molecule has 1 fully saturated rings. The first-order valence-corrected chi connectivity index (χ1v) is 3.63. The zero-order valence-corrected chi connectivity index (χ0v) is 6.18. The highest BCUT2D eigenvalue weighted by Gasteiger charge is 2.21. The van der Waals surface area contributed by atoms with Crippen molar-refractivity contribution in [2.45, 2.75) is 26.0 Å². The number of hydrogen-bond donors (Lipinski definition) is 1. The van der Waals surface area contributed by atoms with E-state index in [1.807, 2.05) is 0 Å². The lowest BCUT2D eigenvalue weighted by atomic mass is 10.1. The first-order valence-electron chi connectivity index (χ1n) is 3.63. The second kappa shape index (κ2) is 3.18. The lowest BCUT2D eigenvalue weighted by Crippen LogP contribution is -2.22. The van der Waals surface area contributed by atoms with Crippen LogP contribution in [-0.2, 0) is 4.74 Å². The van der Waals surface area contributed by atoms with Crippen molar-refractivity contribution in [2.24, 2.45) is 5.92 Å². The normalized spacial score (nSPS) is 35.3. The molecule has 1 aliphatic rings. The van der Waals surface area contributed by atoms with Gasteiger partial charge in [-0.15, -0.1) is 0 Å². The van der Waals surface area contributed by atoms with Crippen LogP contribution in [0.25, 0.3) is 0 Å². The minimum atomic E-state index is 0.329. The summed E-state index contributed by atoms with van der Waals surface area (Å²) < 4.78 is 5.13. The van der Waals surface area contributed by atoms with Gasteiger partial charge in [-0.05, 0) is 12.3 Å². The standard InChI is InChI=1S/C7H15NO/c1-3-6-4-7(9-2)8-5-6/h6-8H,3-5H2,1-2H3. The van der Waals surface area contributed by atoms with Crippen LogP contribution in [0.5, 0.6) is 0 Å². The third-order valence-electron chi connectivity index (χ3n) is 2.04. The molecule has 54 valence electrons. The number of rotatable bonds is 2. The van der Waals surface area contributed by atoms with Gasteiger partial charge in [0.2, 0.25) is 0 Å². The van der Waals surface area contributed by atoms with E-state index in [0.717, 1.165) is 12.5 Å². The summed E-state index contributed by atoms with van der Waals surface area (Å²) in [5.74, 6) is 0.843. The molecule has 0 saturated carbocycles. The largest absolute Gasteiger partial charge is 0.367 e. The van der Waals surface area contributed by atoms with E-state index in [1.165, 1.54) is 12.8 Å². The number of methoxy groups -OCH3 is 1. The Morgan fingerprint density at radius 3 is 2.78 bits per heavy atom. The summed E-state index contributed by atoms with van der Waals surface area (Å²) in [5.41, 5.74) is 0. The molecule has 0 aromatic carbocycles. The van der Waals surface area contributed by atoms with Crippen LogP contribution in [0.3, 0.4) is 0 Å². The Bertz CT molecular complexity index is 75.0. The predicted octanol–water partition coefficient (Wildman–Crippen LogP) is 0.978. The second-order valence-electron chi connectivity index (χ2n) is 2.64. The van der Waals surface area contributed by atoms with E-state index in [9.17, 15) is 0 Å². The highest BCUT2D eigenvalue weighted by Crippen LogP contribution is 2.16. The van der Waals surface area contributed by atoms with Crippen molar-refractivity contribution in [1.82, 2.24) is 5.32 Å². The fourth-order valence-electron chi connectivity index (χ4n) is 1.26. The molecule has 0 aromatic heterocycles. The number of ether oxygens (including phenoxy) is 1. The Hall–Kier alpha value is -0.0800. The second-order valence-corrected chi connectivity index (χ2v) is 2.64. The summed E-state index contributed by atoms with van der Waals surface area (Å²) in [7, 11) is 1.76. The van der Waals surface area contributed by atoms with E-state index >= 15 is 0 Å². The minimum absolute atomic E-state index is 0.329. The van der Waals surface area contributed by atoms with Crippen LogP contribution in [0.2, 0.25) is 0 Å². The van der Waals surface area contributed by atoms with E-state index in [4.69, 9.17) is 4.74 Å². The summed E-state index contributed by atoms with van der Waals surface area (Å²) in [4.78, 5) is 0. The molecular weight excluding hydrogens is 114 g/mol. The predicted molar refractivity (Wildman–Crippen MR) is 37.2 cm³/mol. The molecule has 2 unspecified atom stereocenters. The van der Waals surface area contributed by atoms with Crippen LogP contribution in [0.1, 0.15) is 19.8 Å². The van der Waals surface area contributed by atoms with Gasteiger partial charge in [-0.25, -0.2) is 0 Å². The molecule has 2 nitrogen and oxygen atoms in total. The van der Waals surface area contributed by atoms with E-state index in [1.54, 1.807) is 7.11 Å². The summed E-state index contributed by atoms with van der Waals surface area (Å²) in [6.07, 6.45) is 2.79. The molecule has 1 aliphatic heterocycles. The molecular formula is C7H15NO. The zero-order chi connectivity index (χ0) is 6.69. The smallest absolute Gasteiger partial charge is 0.108 e. The van der Waals surface area contributed by atoms with Crippen LogP contribution in [0.15, 0.2) is 0 Å². The summed E-state index contributed by atoms with van der Waals surface area (Å²) in [6, 6.07) is 0. The molecule has 0 amide bonds. The van der Waals surface area contributed by atoms with E-state index in [2.05, 4.69) is 12.2 Å². The van der Waals surface area contributed by atoms with Gasteiger partial charge in [0.25, 0.3) is 0 Å². The third kappa shape index (κ3) is 1.66. The Morgan fingerprint density at radius 1 is 1.67 bits per heavy atom. The Kier molecular flexibility index (Phi) is 2.49. The molecule has 0 radical (unpaired) electrons. The van der Waals surface area contributed by atoms with E-state index < -0.39 is 0 Å². The lowest BCUT2D eigenvalue weighted by molar-refractivity contribution is 0.0881. The summed E-state index contributed by atoms with van der Waals surface area (Å²) in [6.45, 7) is 3.36. The van der Waals surface area contributed by atoms with Crippen molar-refractivity contribution in [2.75, 3.05) is 13.7 Å². The van der Waals surface area contributed by atoms with Gasteiger partial charge in [-0.3, -0.25) is 5.32 Å². The summed E-state index contributed by atoms with van der Waals surface area (Å²) >= 11 is 0. The summed E-state index contributed by atoms with van der Waals surface area (Å²) in [5, 5.41) is 3.29. The van der Waals surface area contributed by atoms with Crippen molar-refractivity contribution in [3.63, 3.8) is 0 Å². The van der Waals surface area contributed by atoms with E-state index in [0.29, 0.717) is 6.23 Å². The SMILES string of the molecule is CCC1CNC(OC)C1. The molecule has 2 atom stereocenters. The van der Waals surface area contributed by atoms with Crippen molar-refractivity contribution in [3.05, 3.63) is 0 Å². The fourth-order valence-corrected chi connectivity index (χ4v) is 1.26. The maximum absolute atomic E-state index is 5.13. The quantitative estimate of drug-likeness (QED) is 0.600. The zero-order valence-electron chi connectivity index (χ0n) is 6.18. The Balaban J connectivity index is 2.20.